The number of aromatic nitrogens is 3. The van der Waals surface area contributed by atoms with Gasteiger partial charge in [-0.2, -0.15) is 0 Å². The van der Waals surface area contributed by atoms with Crippen molar-refractivity contribution in [2.45, 2.75) is 38.6 Å². The van der Waals surface area contributed by atoms with E-state index < -0.39 is 0 Å². The molecule has 6 nitrogen and oxygen atoms in total. The van der Waals surface area contributed by atoms with E-state index in [4.69, 9.17) is 4.74 Å². The van der Waals surface area contributed by atoms with Crippen LogP contribution in [0.25, 0.3) is 10.9 Å². The van der Waals surface area contributed by atoms with Crippen LogP contribution in [0, 0.1) is 17.8 Å². The number of carbonyl (C=O) groups is 1. The molecule has 0 saturated heterocycles. The fourth-order valence-electron chi connectivity index (χ4n) is 4.22. The van der Waals surface area contributed by atoms with Gasteiger partial charge in [0.05, 0.1) is 25.0 Å². The summed E-state index contributed by atoms with van der Waals surface area (Å²) in [6.45, 7) is 0.727. The lowest BCUT2D eigenvalue weighted by Crippen LogP contribution is -2.26. The summed E-state index contributed by atoms with van der Waals surface area (Å²) in [6.07, 6.45) is 5.29. The van der Waals surface area contributed by atoms with E-state index in [2.05, 4.69) is 10.3 Å². The van der Waals surface area contributed by atoms with E-state index in [9.17, 15) is 9.59 Å². The van der Waals surface area contributed by atoms with E-state index >= 15 is 0 Å². The van der Waals surface area contributed by atoms with Crippen molar-refractivity contribution >= 4 is 16.9 Å². The molecular weight excluding hydrogens is 306 g/mol. The van der Waals surface area contributed by atoms with Gasteiger partial charge in [0.15, 0.2) is 0 Å². The summed E-state index contributed by atoms with van der Waals surface area (Å²) in [5, 5.41) is 8.43. The summed E-state index contributed by atoms with van der Waals surface area (Å²) >= 11 is 0. The molecule has 4 rings (SSSR count). The number of benzene rings is 1. The van der Waals surface area contributed by atoms with Crippen molar-refractivity contribution in [2.24, 2.45) is 17.8 Å². The van der Waals surface area contributed by atoms with Crippen LogP contribution in [0.1, 0.15) is 32.1 Å². The summed E-state index contributed by atoms with van der Waals surface area (Å²) in [7, 11) is 0. The summed E-state index contributed by atoms with van der Waals surface area (Å²) in [4.78, 5) is 24.3. The molecule has 0 unspecified atom stereocenters. The Kier molecular flexibility index (Phi) is 4.04. The van der Waals surface area contributed by atoms with Crippen LogP contribution in [-0.4, -0.2) is 27.6 Å². The number of fused-ring (bicyclic) bond motifs is 3. The highest BCUT2D eigenvalue weighted by Gasteiger charge is 2.39. The topological polar surface area (TPSA) is 74.1 Å². The van der Waals surface area contributed by atoms with E-state index in [1.54, 1.807) is 18.2 Å². The highest BCUT2D eigenvalue weighted by Crippen LogP contribution is 2.48. The molecule has 1 heterocycles. The molecule has 1 aromatic heterocycles. The van der Waals surface area contributed by atoms with Gasteiger partial charge >= 0.3 is 5.97 Å². The van der Waals surface area contributed by atoms with Crippen LogP contribution in [0.2, 0.25) is 0 Å². The van der Waals surface area contributed by atoms with Gasteiger partial charge in [0, 0.05) is 0 Å². The van der Waals surface area contributed by atoms with Gasteiger partial charge in [-0.3, -0.25) is 9.59 Å². The fraction of sp³-hybridized carbons (Fsp3) is 0.556. The SMILES string of the molecule is O=C(CCn1nnc2ccccc2c1=O)OC[C@@H]1C[C@H]2CC[C@H]1C2. The quantitative estimate of drug-likeness (QED) is 0.787. The molecule has 1 aromatic carbocycles. The Morgan fingerprint density at radius 2 is 2.12 bits per heavy atom. The van der Waals surface area contributed by atoms with Gasteiger partial charge in [0.2, 0.25) is 0 Å². The number of aryl methyl sites for hydroxylation is 1. The van der Waals surface area contributed by atoms with Crippen molar-refractivity contribution < 1.29 is 9.53 Å². The molecule has 2 aliphatic carbocycles. The van der Waals surface area contributed by atoms with Crippen molar-refractivity contribution in [1.82, 2.24) is 15.0 Å². The van der Waals surface area contributed by atoms with Gasteiger partial charge in [-0.25, -0.2) is 4.68 Å². The predicted molar refractivity (Wildman–Crippen MR) is 88.3 cm³/mol. The van der Waals surface area contributed by atoms with E-state index in [1.807, 2.05) is 6.07 Å². The maximum absolute atomic E-state index is 12.3. The van der Waals surface area contributed by atoms with Gasteiger partial charge in [0.25, 0.3) is 5.56 Å². The van der Waals surface area contributed by atoms with Crippen molar-refractivity contribution in [3.8, 4) is 0 Å². The van der Waals surface area contributed by atoms with Gasteiger partial charge in [-0.1, -0.05) is 23.8 Å². The molecule has 2 aromatic rings. The minimum atomic E-state index is -0.264. The molecule has 0 radical (unpaired) electrons. The number of ether oxygens (including phenoxy) is 1. The molecule has 24 heavy (non-hydrogen) atoms. The minimum Gasteiger partial charge on any atom is -0.465 e. The minimum absolute atomic E-state index is 0.147. The van der Waals surface area contributed by atoms with E-state index in [1.165, 1.54) is 30.4 Å². The van der Waals surface area contributed by atoms with Crippen LogP contribution < -0.4 is 5.56 Å². The zero-order chi connectivity index (χ0) is 16.5. The number of nitrogens with zero attached hydrogens (tertiary/aromatic N) is 3. The highest BCUT2D eigenvalue weighted by atomic mass is 16.5. The van der Waals surface area contributed by atoms with Crippen molar-refractivity contribution in [1.29, 1.82) is 0 Å². The van der Waals surface area contributed by atoms with E-state index in [-0.39, 0.29) is 24.5 Å². The average molecular weight is 327 g/mol. The molecule has 0 amide bonds. The lowest BCUT2D eigenvalue weighted by Gasteiger charge is -2.21. The number of hydrogen-bond donors (Lipinski definition) is 0. The maximum atomic E-state index is 12.3. The second kappa shape index (κ2) is 6.34. The largest absolute Gasteiger partial charge is 0.465 e. The van der Waals surface area contributed by atoms with Crippen LogP contribution in [0.15, 0.2) is 29.1 Å². The molecule has 0 spiro atoms. The van der Waals surface area contributed by atoms with Gasteiger partial charge in [0.1, 0.15) is 5.52 Å². The monoisotopic (exact) mass is 327 g/mol. The first-order chi connectivity index (χ1) is 11.7. The maximum Gasteiger partial charge on any atom is 0.307 e. The Bertz CT molecular complexity index is 817. The lowest BCUT2D eigenvalue weighted by atomic mass is 9.90. The summed E-state index contributed by atoms with van der Waals surface area (Å²) in [5.41, 5.74) is 0.346. The average Bonchev–Trinajstić information content (AvgIpc) is 3.22. The van der Waals surface area contributed by atoms with Crippen molar-refractivity contribution in [3.63, 3.8) is 0 Å². The smallest absolute Gasteiger partial charge is 0.307 e. The van der Waals surface area contributed by atoms with Crippen LogP contribution in [0.3, 0.4) is 0 Å². The van der Waals surface area contributed by atoms with Crippen molar-refractivity contribution in [2.75, 3.05) is 6.61 Å². The third-order valence-corrected chi connectivity index (χ3v) is 5.50. The Labute approximate surface area is 139 Å². The first-order valence-electron chi connectivity index (χ1n) is 8.69. The summed E-state index contributed by atoms with van der Waals surface area (Å²) in [6, 6.07) is 7.07. The zero-order valence-electron chi connectivity index (χ0n) is 13.6. The predicted octanol–water partition coefficient (Wildman–Crippen LogP) is 2.16. The fourth-order valence-corrected chi connectivity index (χ4v) is 4.22. The van der Waals surface area contributed by atoms with E-state index in [0.29, 0.717) is 23.4 Å². The second-order valence-electron chi connectivity index (χ2n) is 7.00. The molecule has 2 bridgehead atoms. The van der Waals surface area contributed by atoms with Gasteiger partial charge in [-0.05, 0) is 49.1 Å². The van der Waals surface area contributed by atoms with Crippen LogP contribution >= 0.6 is 0 Å². The Morgan fingerprint density at radius 1 is 1.25 bits per heavy atom. The lowest BCUT2D eigenvalue weighted by molar-refractivity contribution is -0.145. The Balaban J connectivity index is 1.32. The molecule has 126 valence electrons. The second-order valence-corrected chi connectivity index (χ2v) is 7.00. The highest BCUT2D eigenvalue weighted by molar-refractivity contribution is 5.76. The number of esters is 1. The number of hydrogen-bond acceptors (Lipinski definition) is 5. The molecular formula is C18H21N3O3. The van der Waals surface area contributed by atoms with Crippen LogP contribution in [-0.2, 0) is 16.1 Å². The van der Waals surface area contributed by atoms with Crippen LogP contribution in [0.5, 0.6) is 0 Å². The number of carbonyl (C=O) groups excluding carboxylic acids is 1. The third kappa shape index (κ3) is 2.92. The first-order valence-corrected chi connectivity index (χ1v) is 8.69. The van der Waals surface area contributed by atoms with Gasteiger partial charge in [-0.15, -0.1) is 5.10 Å². The van der Waals surface area contributed by atoms with Crippen molar-refractivity contribution in [3.05, 3.63) is 34.6 Å². The third-order valence-electron chi connectivity index (χ3n) is 5.50. The Hall–Kier alpha value is -2.24. The summed E-state index contributed by atoms with van der Waals surface area (Å²) < 4.78 is 6.66. The molecule has 6 heteroatoms. The van der Waals surface area contributed by atoms with Gasteiger partial charge < -0.3 is 4.74 Å². The number of rotatable bonds is 5. The molecule has 2 aliphatic rings. The molecule has 3 atom stereocenters. The Morgan fingerprint density at radius 3 is 2.92 bits per heavy atom. The van der Waals surface area contributed by atoms with Crippen LogP contribution in [0.4, 0.5) is 0 Å². The molecule has 0 N–H and O–H groups in total. The zero-order valence-corrected chi connectivity index (χ0v) is 13.6. The molecule has 0 aliphatic heterocycles. The first kappa shape index (κ1) is 15.3. The van der Waals surface area contributed by atoms with E-state index in [0.717, 1.165) is 11.8 Å². The standard InChI is InChI=1S/C18H21N3O3/c22-17(24-11-14-10-12-5-6-13(14)9-12)7-8-21-18(23)15-3-1-2-4-16(15)19-20-21/h1-4,12-14H,5-11H2/t12-,13-,14-/m0/s1. The summed E-state index contributed by atoms with van der Waals surface area (Å²) in [5.74, 6) is 1.87. The normalized spacial score (nSPS) is 25.2. The molecule has 2 saturated carbocycles. The molecule has 2 fully saturated rings.